The monoisotopic (exact) mass is 428 g/mol. The van der Waals surface area contributed by atoms with Crippen molar-refractivity contribution in [2.24, 2.45) is 5.92 Å². The van der Waals surface area contributed by atoms with Gasteiger partial charge in [-0.15, -0.1) is 0 Å². The number of carbonyl (C=O) groups is 1. The number of hydrogen-bond donors (Lipinski definition) is 0. The molecule has 0 N–H and O–H groups in total. The molecule has 3 aromatic rings. The van der Waals surface area contributed by atoms with E-state index in [0.29, 0.717) is 17.2 Å². The molecule has 2 aromatic carbocycles. The summed E-state index contributed by atoms with van der Waals surface area (Å²) in [7, 11) is 1.34. The van der Waals surface area contributed by atoms with E-state index < -0.39 is 11.7 Å². The highest BCUT2D eigenvalue weighted by molar-refractivity contribution is 5.90. The van der Waals surface area contributed by atoms with Crippen molar-refractivity contribution >= 4 is 17.6 Å². The van der Waals surface area contributed by atoms with E-state index >= 15 is 0 Å². The number of benzene rings is 2. The number of methoxy groups -OCH3 is 1. The molecule has 0 amide bonds. The summed E-state index contributed by atoms with van der Waals surface area (Å²) >= 11 is 0. The number of allylic oxidation sites excluding steroid dienone is 1. The lowest BCUT2D eigenvalue weighted by Gasteiger charge is -2.12. The highest BCUT2D eigenvalue weighted by Crippen LogP contribution is 2.29. The molecule has 3 rings (SSSR count). The van der Waals surface area contributed by atoms with Crippen molar-refractivity contribution < 1.29 is 22.7 Å². The Hall–Kier alpha value is -3.35. The molecule has 0 saturated heterocycles. The van der Waals surface area contributed by atoms with Gasteiger partial charge in [-0.3, -0.25) is 0 Å². The quantitative estimate of drug-likeness (QED) is 0.344. The number of ether oxygens (including phenoxy) is 1. The van der Waals surface area contributed by atoms with E-state index in [2.05, 4.69) is 18.9 Å². The fraction of sp³-hybridized carbons (Fsp3) is 0.250. The maximum absolute atomic E-state index is 12.8. The zero-order chi connectivity index (χ0) is 22.6. The summed E-state index contributed by atoms with van der Waals surface area (Å²) in [6.45, 7) is 4.24. The molecule has 31 heavy (non-hydrogen) atoms. The first kappa shape index (κ1) is 22.3. The van der Waals surface area contributed by atoms with Gasteiger partial charge in [0.25, 0.3) is 0 Å². The number of alkyl halides is 3. The van der Waals surface area contributed by atoms with Crippen LogP contribution in [-0.2, 0) is 10.9 Å². The number of aromatic nitrogens is 2. The van der Waals surface area contributed by atoms with Crippen molar-refractivity contribution in [3.8, 4) is 5.69 Å². The third-order valence-electron chi connectivity index (χ3n) is 4.71. The Kier molecular flexibility index (Phi) is 6.63. The van der Waals surface area contributed by atoms with Crippen LogP contribution in [0, 0.1) is 5.92 Å². The molecule has 0 spiro atoms. The second-order valence-corrected chi connectivity index (χ2v) is 7.60. The van der Waals surface area contributed by atoms with Gasteiger partial charge in [-0.25, -0.2) is 9.48 Å². The highest BCUT2D eigenvalue weighted by atomic mass is 19.4. The number of esters is 1. The molecular weight excluding hydrogens is 405 g/mol. The third kappa shape index (κ3) is 5.63. The van der Waals surface area contributed by atoms with Crippen molar-refractivity contribution in [3.63, 3.8) is 0 Å². The van der Waals surface area contributed by atoms with Crippen LogP contribution in [0.1, 0.15) is 47.3 Å². The zero-order valence-corrected chi connectivity index (χ0v) is 17.5. The predicted octanol–water partition coefficient (Wildman–Crippen LogP) is 6.26. The summed E-state index contributed by atoms with van der Waals surface area (Å²) < 4.78 is 44.3. The molecule has 0 unspecified atom stereocenters. The molecule has 0 radical (unpaired) electrons. The fourth-order valence-corrected chi connectivity index (χ4v) is 3.17. The smallest absolute Gasteiger partial charge is 0.419 e. The summed E-state index contributed by atoms with van der Waals surface area (Å²) in [5.41, 5.74) is 3.24. The minimum Gasteiger partial charge on any atom is -0.465 e. The average molecular weight is 428 g/mol. The Morgan fingerprint density at radius 2 is 1.68 bits per heavy atom. The van der Waals surface area contributed by atoms with Crippen molar-refractivity contribution in [1.82, 2.24) is 9.78 Å². The van der Waals surface area contributed by atoms with Crippen molar-refractivity contribution in [1.29, 1.82) is 0 Å². The van der Waals surface area contributed by atoms with Gasteiger partial charge in [-0.1, -0.05) is 44.2 Å². The van der Waals surface area contributed by atoms with Crippen LogP contribution in [0.15, 0.2) is 60.9 Å². The molecule has 0 fully saturated rings. The molecule has 4 nitrogen and oxygen atoms in total. The Morgan fingerprint density at radius 3 is 2.19 bits per heavy atom. The van der Waals surface area contributed by atoms with Crippen LogP contribution in [0.5, 0.6) is 0 Å². The SMILES string of the molecule is COC(=O)c1ccc(/C(=C\c2ccc(-n3cc(C(F)(F)F)cn3)cc2)CC(C)C)cc1. The number of rotatable bonds is 6. The van der Waals surface area contributed by atoms with E-state index in [1.807, 2.05) is 30.3 Å². The lowest BCUT2D eigenvalue weighted by Crippen LogP contribution is -2.03. The molecule has 0 atom stereocenters. The fourth-order valence-electron chi connectivity index (χ4n) is 3.17. The van der Waals surface area contributed by atoms with Gasteiger partial charge in [-0.05, 0) is 53.3 Å². The molecular formula is C24H23F3N2O2. The molecule has 0 aliphatic carbocycles. The molecule has 0 bridgehead atoms. The Bertz CT molecular complexity index is 1060. The Labute approximate surface area is 179 Å². The van der Waals surface area contributed by atoms with Crippen molar-refractivity contribution in [2.45, 2.75) is 26.4 Å². The minimum absolute atomic E-state index is 0.385. The predicted molar refractivity (Wildman–Crippen MR) is 114 cm³/mol. The summed E-state index contributed by atoms with van der Waals surface area (Å²) in [6.07, 6.45) is 0.231. The van der Waals surface area contributed by atoms with Crippen LogP contribution >= 0.6 is 0 Å². The van der Waals surface area contributed by atoms with E-state index in [9.17, 15) is 18.0 Å². The van der Waals surface area contributed by atoms with Crippen LogP contribution in [0.25, 0.3) is 17.3 Å². The highest BCUT2D eigenvalue weighted by Gasteiger charge is 2.32. The van der Waals surface area contributed by atoms with E-state index in [1.54, 1.807) is 24.3 Å². The second-order valence-electron chi connectivity index (χ2n) is 7.60. The van der Waals surface area contributed by atoms with Gasteiger partial charge < -0.3 is 4.74 Å². The number of carbonyl (C=O) groups excluding carboxylic acids is 1. The standard InChI is InChI=1S/C24H23F3N2O2/c1-16(2)12-20(18-6-8-19(9-7-18)23(30)31-3)13-17-4-10-22(11-5-17)29-15-21(14-28-29)24(25,26)27/h4-11,13-16H,12H2,1-3H3/b20-13-. The van der Waals surface area contributed by atoms with Gasteiger partial charge in [0.05, 0.1) is 30.1 Å². The van der Waals surface area contributed by atoms with Crippen molar-refractivity contribution in [3.05, 3.63) is 83.2 Å². The van der Waals surface area contributed by atoms with Crippen LogP contribution in [0.2, 0.25) is 0 Å². The topological polar surface area (TPSA) is 44.1 Å². The molecule has 0 aliphatic rings. The maximum Gasteiger partial charge on any atom is 0.419 e. The first-order valence-electron chi connectivity index (χ1n) is 9.79. The summed E-state index contributed by atoms with van der Waals surface area (Å²) in [5, 5.41) is 3.80. The second kappa shape index (κ2) is 9.20. The van der Waals surface area contributed by atoms with Gasteiger partial charge in [0.2, 0.25) is 0 Å². The Balaban J connectivity index is 1.87. The minimum atomic E-state index is -4.42. The van der Waals surface area contributed by atoms with Crippen LogP contribution in [0.4, 0.5) is 13.2 Å². The molecule has 1 aromatic heterocycles. The van der Waals surface area contributed by atoms with Gasteiger partial charge in [0.15, 0.2) is 0 Å². The molecule has 0 aliphatic heterocycles. The molecule has 162 valence electrons. The van der Waals surface area contributed by atoms with E-state index in [1.165, 1.54) is 11.8 Å². The Morgan fingerprint density at radius 1 is 1.06 bits per heavy atom. The van der Waals surface area contributed by atoms with E-state index in [4.69, 9.17) is 4.74 Å². The lowest BCUT2D eigenvalue weighted by atomic mass is 9.94. The first-order valence-corrected chi connectivity index (χ1v) is 9.79. The largest absolute Gasteiger partial charge is 0.465 e. The van der Waals surface area contributed by atoms with E-state index in [0.717, 1.165) is 35.5 Å². The first-order chi connectivity index (χ1) is 14.7. The summed E-state index contributed by atoms with van der Waals surface area (Å²) in [5.74, 6) is 0.0273. The van der Waals surface area contributed by atoms with E-state index in [-0.39, 0.29) is 5.97 Å². The van der Waals surface area contributed by atoms with Gasteiger partial charge in [0, 0.05) is 6.20 Å². The number of halogens is 3. The van der Waals surface area contributed by atoms with Crippen LogP contribution < -0.4 is 0 Å². The number of nitrogens with zero attached hydrogens (tertiary/aromatic N) is 2. The number of hydrogen-bond acceptors (Lipinski definition) is 3. The average Bonchev–Trinajstić information content (AvgIpc) is 3.24. The normalized spacial score (nSPS) is 12.3. The van der Waals surface area contributed by atoms with Crippen LogP contribution in [0.3, 0.4) is 0 Å². The van der Waals surface area contributed by atoms with Gasteiger partial charge >= 0.3 is 12.1 Å². The molecule has 1 heterocycles. The van der Waals surface area contributed by atoms with Gasteiger partial charge in [-0.2, -0.15) is 18.3 Å². The zero-order valence-electron chi connectivity index (χ0n) is 17.5. The third-order valence-corrected chi connectivity index (χ3v) is 4.71. The maximum atomic E-state index is 12.8. The lowest BCUT2D eigenvalue weighted by molar-refractivity contribution is -0.137. The van der Waals surface area contributed by atoms with Gasteiger partial charge in [0.1, 0.15) is 0 Å². The summed E-state index contributed by atoms with van der Waals surface area (Å²) in [4.78, 5) is 11.7. The van der Waals surface area contributed by atoms with Crippen molar-refractivity contribution in [2.75, 3.05) is 7.11 Å². The summed E-state index contributed by atoms with van der Waals surface area (Å²) in [6, 6.07) is 14.4. The molecule has 0 saturated carbocycles. The molecule has 7 heteroatoms. The van der Waals surface area contributed by atoms with Crippen LogP contribution in [-0.4, -0.2) is 22.9 Å².